The summed E-state index contributed by atoms with van der Waals surface area (Å²) in [6, 6.07) is 9.68. The number of para-hydroxylation sites is 1. The Morgan fingerprint density at radius 3 is 2.95 bits per heavy atom. The van der Waals surface area contributed by atoms with E-state index >= 15 is 0 Å². The smallest absolute Gasteiger partial charge is 0.261 e. The van der Waals surface area contributed by atoms with Crippen molar-refractivity contribution in [2.75, 3.05) is 11.4 Å². The van der Waals surface area contributed by atoms with Gasteiger partial charge in [-0.3, -0.25) is 9.78 Å². The van der Waals surface area contributed by atoms with Gasteiger partial charge in [0, 0.05) is 24.6 Å². The van der Waals surface area contributed by atoms with Crippen LogP contribution in [0.5, 0.6) is 0 Å². The van der Waals surface area contributed by atoms with Gasteiger partial charge in [-0.15, -0.1) is 0 Å². The predicted octanol–water partition coefficient (Wildman–Crippen LogP) is 3.57. The van der Waals surface area contributed by atoms with E-state index in [1.165, 1.54) is 11.8 Å². The van der Waals surface area contributed by atoms with Crippen molar-refractivity contribution in [2.24, 2.45) is 5.92 Å². The van der Waals surface area contributed by atoms with E-state index in [1.54, 1.807) is 12.3 Å². The number of benzene rings is 1. The zero-order valence-corrected chi connectivity index (χ0v) is 12.0. The lowest BCUT2D eigenvalue weighted by atomic mass is 9.93. The van der Waals surface area contributed by atoms with Gasteiger partial charge in [0.25, 0.3) is 5.91 Å². The summed E-state index contributed by atoms with van der Waals surface area (Å²) < 4.78 is 0. The maximum absolute atomic E-state index is 12.7. The first-order valence-electron chi connectivity index (χ1n) is 6.66. The molecular formula is C16H15ClN2O. The highest BCUT2D eigenvalue weighted by Gasteiger charge is 2.27. The van der Waals surface area contributed by atoms with Gasteiger partial charge in [-0.1, -0.05) is 36.7 Å². The molecule has 0 saturated heterocycles. The first kappa shape index (κ1) is 13.1. The Morgan fingerprint density at radius 1 is 1.35 bits per heavy atom. The SMILES string of the molecule is CC1Cc2ccccc2N(C(=O)c2cnccc2Cl)C1. The minimum atomic E-state index is -0.0814. The molecule has 1 aliphatic rings. The summed E-state index contributed by atoms with van der Waals surface area (Å²) in [6.07, 6.45) is 4.12. The second-order valence-corrected chi connectivity index (χ2v) is 5.62. The van der Waals surface area contributed by atoms with Crippen molar-refractivity contribution >= 4 is 23.2 Å². The molecule has 0 N–H and O–H groups in total. The predicted molar refractivity (Wildman–Crippen MR) is 80.2 cm³/mol. The molecule has 102 valence electrons. The van der Waals surface area contributed by atoms with Crippen molar-refractivity contribution in [3.8, 4) is 0 Å². The van der Waals surface area contributed by atoms with Crippen LogP contribution in [0.15, 0.2) is 42.7 Å². The fourth-order valence-electron chi connectivity index (χ4n) is 2.67. The van der Waals surface area contributed by atoms with Crippen LogP contribution in [-0.4, -0.2) is 17.4 Å². The molecule has 1 amide bonds. The van der Waals surface area contributed by atoms with Crippen LogP contribution in [0.1, 0.15) is 22.8 Å². The highest BCUT2D eigenvalue weighted by Crippen LogP contribution is 2.31. The molecule has 0 fully saturated rings. The minimum absolute atomic E-state index is 0.0814. The summed E-state index contributed by atoms with van der Waals surface area (Å²) in [7, 11) is 0. The summed E-state index contributed by atoms with van der Waals surface area (Å²) in [6.45, 7) is 2.86. The second-order valence-electron chi connectivity index (χ2n) is 5.21. The molecule has 3 rings (SSSR count). The van der Waals surface area contributed by atoms with Crippen LogP contribution in [0, 0.1) is 5.92 Å². The first-order chi connectivity index (χ1) is 9.66. The van der Waals surface area contributed by atoms with Gasteiger partial charge in [0.05, 0.1) is 10.6 Å². The van der Waals surface area contributed by atoms with Gasteiger partial charge in [-0.2, -0.15) is 0 Å². The standard InChI is InChI=1S/C16H15ClN2O/c1-11-8-12-4-2-3-5-15(12)19(10-11)16(20)13-9-18-7-6-14(13)17/h2-7,9,11H,8,10H2,1H3. The van der Waals surface area contributed by atoms with Crippen molar-refractivity contribution in [3.05, 3.63) is 58.9 Å². The van der Waals surface area contributed by atoms with Gasteiger partial charge in [0.1, 0.15) is 0 Å². The van der Waals surface area contributed by atoms with Crippen molar-refractivity contribution in [2.45, 2.75) is 13.3 Å². The summed E-state index contributed by atoms with van der Waals surface area (Å²) in [5.41, 5.74) is 2.65. The van der Waals surface area contributed by atoms with E-state index in [2.05, 4.69) is 18.0 Å². The van der Waals surface area contributed by atoms with E-state index in [-0.39, 0.29) is 5.91 Å². The van der Waals surface area contributed by atoms with Gasteiger partial charge in [-0.25, -0.2) is 0 Å². The highest BCUT2D eigenvalue weighted by molar-refractivity contribution is 6.34. The van der Waals surface area contributed by atoms with E-state index in [9.17, 15) is 4.79 Å². The molecule has 4 heteroatoms. The number of pyridine rings is 1. The summed E-state index contributed by atoms with van der Waals surface area (Å²) >= 11 is 6.11. The monoisotopic (exact) mass is 286 g/mol. The van der Waals surface area contributed by atoms with Crippen LogP contribution in [0.25, 0.3) is 0 Å². The Morgan fingerprint density at radius 2 is 2.15 bits per heavy atom. The molecule has 0 aliphatic carbocycles. The highest BCUT2D eigenvalue weighted by atomic mass is 35.5. The zero-order chi connectivity index (χ0) is 14.1. The number of aromatic nitrogens is 1. The van der Waals surface area contributed by atoms with Crippen LogP contribution in [0.4, 0.5) is 5.69 Å². The zero-order valence-electron chi connectivity index (χ0n) is 11.2. The first-order valence-corrected chi connectivity index (χ1v) is 7.04. The van der Waals surface area contributed by atoms with Crippen molar-refractivity contribution in [1.82, 2.24) is 4.98 Å². The lowest BCUT2D eigenvalue weighted by molar-refractivity contribution is 0.0981. The molecule has 0 bridgehead atoms. The van der Waals surface area contributed by atoms with Gasteiger partial charge >= 0.3 is 0 Å². The summed E-state index contributed by atoms with van der Waals surface area (Å²) in [4.78, 5) is 18.5. The fourth-order valence-corrected chi connectivity index (χ4v) is 2.86. The maximum atomic E-state index is 12.7. The second kappa shape index (κ2) is 5.25. The number of carbonyl (C=O) groups is 1. The van der Waals surface area contributed by atoms with Gasteiger partial charge in [0.15, 0.2) is 0 Å². The Balaban J connectivity index is 2.02. The Bertz CT molecular complexity index is 656. The summed E-state index contributed by atoms with van der Waals surface area (Å²) in [5, 5.41) is 0.445. The number of anilines is 1. The molecule has 1 unspecified atom stereocenters. The average Bonchev–Trinajstić information content (AvgIpc) is 2.46. The Labute approximate surface area is 123 Å². The third kappa shape index (κ3) is 2.29. The van der Waals surface area contributed by atoms with Crippen molar-refractivity contribution < 1.29 is 4.79 Å². The fraction of sp³-hybridized carbons (Fsp3) is 0.250. The molecule has 0 radical (unpaired) electrons. The number of carbonyl (C=O) groups excluding carboxylic acids is 1. The lowest BCUT2D eigenvalue weighted by Gasteiger charge is -2.33. The number of hydrogen-bond donors (Lipinski definition) is 0. The third-order valence-corrected chi connectivity index (χ3v) is 3.92. The van der Waals surface area contributed by atoms with Crippen LogP contribution >= 0.6 is 11.6 Å². The van der Waals surface area contributed by atoms with Crippen LogP contribution in [0.2, 0.25) is 5.02 Å². The maximum Gasteiger partial charge on any atom is 0.261 e. The number of rotatable bonds is 1. The number of amides is 1. The lowest BCUT2D eigenvalue weighted by Crippen LogP contribution is -2.39. The van der Waals surface area contributed by atoms with E-state index in [4.69, 9.17) is 11.6 Å². The molecule has 0 saturated carbocycles. The average molecular weight is 287 g/mol. The van der Waals surface area contributed by atoms with E-state index in [1.807, 2.05) is 23.1 Å². The molecule has 1 aromatic carbocycles. The summed E-state index contributed by atoms with van der Waals surface area (Å²) in [5.74, 6) is 0.353. The van der Waals surface area contributed by atoms with E-state index < -0.39 is 0 Å². The van der Waals surface area contributed by atoms with Crippen LogP contribution in [-0.2, 0) is 6.42 Å². The number of halogens is 1. The van der Waals surface area contributed by atoms with E-state index in [0.717, 1.165) is 12.1 Å². The van der Waals surface area contributed by atoms with Crippen LogP contribution < -0.4 is 4.90 Å². The molecule has 0 spiro atoms. The van der Waals surface area contributed by atoms with Gasteiger partial charge in [-0.05, 0) is 30.0 Å². The molecule has 1 aromatic heterocycles. The van der Waals surface area contributed by atoms with Crippen molar-refractivity contribution in [1.29, 1.82) is 0 Å². The van der Waals surface area contributed by atoms with Crippen molar-refractivity contribution in [3.63, 3.8) is 0 Å². The normalized spacial score (nSPS) is 17.7. The van der Waals surface area contributed by atoms with E-state index in [0.29, 0.717) is 23.0 Å². The molecule has 2 heterocycles. The third-order valence-electron chi connectivity index (χ3n) is 3.59. The molecule has 1 atom stereocenters. The van der Waals surface area contributed by atoms with Crippen LogP contribution in [0.3, 0.4) is 0 Å². The van der Waals surface area contributed by atoms with Gasteiger partial charge in [0.2, 0.25) is 0 Å². The quantitative estimate of drug-likeness (QED) is 0.803. The molecule has 3 nitrogen and oxygen atoms in total. The molecule has 1 aliphatic heterocycles. The molecule has 20 heavy (non-hydrogen) atoms. The Kier molecular flexibility index (Phi) is 3.45. The van der Waals surface area contributed by atoms with Gasteiger partial charge < -0.3 is 4.90 Å². The molecular weight excluding hydrogens is 272 g/mol. The largest absolute Gasteiger partial charge is 0.308 e. The number of nitrogens with zero attached hydrogens (tertiary/aromatic N) is 2. The molecule has 2 aromatic rings. The minimum Gasteiger partial charge on any atom is -0.308 e. The number of hydrogen-bond acceptors (Lipinski definition) is 2. The number of fused-ring (bicyclic) bond motifs is 1. The Hall–Kier alpha value is -1.87. The topological polar surface area (TPSA) is 33.2 Å².